The molecule has 0 spiro atoms. The minimum atomic E-state index is -1.26. The summed E-state index contributed by atoms with van der Waals surface area (Å²) in [7, 11) is 0. The number of fused-ring (bicyclic) bond motifs is 22. The molecule has 2 N–H and O–H groups in total. The fourth-order valence-electron chi connectivity index (χ4n) is 24.1. The molecule has 636 valence electrons. The third-order valence-electron chi connectivity index (χ3n) is 29.7. The zero-order valence-electron chi connectivity index (χ0n) is 72.5. The van der Waals surface area contributed by atoms with Gasteiger partial charge >= 0.3 is 23.9 Å². The molecule has 2 aromatic heterocycles. The molecule has 0 amide bonds. The highest BCUT2D eigenvalue weighted by atomic mass is 16.5. The van der Waals surface area contributed by atoms with Crippen LogP contribution in [0.25, 0.3) is 89.4 Å². The number of carbonyl (C=O) groups excluding carboxylic acids is 4. The highest BCUT2D eigenvalue weighted by Crippen LogP contribution is 2.69. The number of nitrogens with one attached hydrogen (secondary N) is 2. The molecule has 0 saturated heterocycles. The predicted molar refractivity (Wildman–Crippen MR) is 519 cm³/mol. The number of allylic oxidation sites excluding steroid dienone is 10. The molecule has 0 radical (unpaired) electrons. The summed E-state index contributed by atoms with van der Waals surface area (Å²) in [5.41, 5.74) is 20.9. The normalized spacial score (nSPS) is 21.1. The molecule has 8 aliphatic carbocycles. The van der Waals surface area contributed by atoms with Crippen LogP contribution in [0.3, 0.4) is 0 Å². The molecule has 12 nitrogen and oxygen atoms in total. The number of esters is 4. The number of hydrogen-bond donors (Lipinski definition) is 2. The first-order chi connectivity index (χ1) is 64.3. The van der Waals surface area contributed by atoms with Crippen LogP contribution in [0.15, 0.2) is 368 Å². The van der Waals surface area contributed by atoms with Gasteiger partial charge in [0.15, 0.2) is 0 Å². The summed E-state index contributed by atoms with van der Waals surface area (Å²) in [4.78, 5) is 75.2. The molecule has 2 aliphatic heterocycles. The number of ether oxygens (including phenoxy) is 4. The number of dihydropyridines is 2. The first-order valence-electron chi connectivity index (χ1n) is 46.1. The lowest BCUT2D eigenvalue weighted by Gasteiger charge is -2.48. The molecule has 24 rings (SSSR count). The van der Waals surface area contributed by atoms with Crippen molar-refractivity contribution in [2.75, 3.05) is 0 Å². The van der Waals surface area contributed by atoms with Crippen LogP contribution >= 0.6 is 0 Å². The van der Waals surface area contributed by atoms with E-state index in [1.165, 1.54) is 11.1 Å². The van der Waals surface area contributed by atoms with Gasteiger partial charge in [-0.2, -0.15) is 0 Å². The second-order valence-corrected chi connectivity index (χ2v) is 37.0. The first kappa shape index (κ1) is 79.3. The van der Waals surface area contributed by atoms with E-state index in [-0.39, 0.29) is 62.1 Å². The average Bonchev–Trinajstić information content (AvgIpc) is 1.51. The lowest BCUT2D eigenvalue weighted by Crippen LogP contribution is -2.45. The fourth-order valence-corrected chi connectivity index (χ4v) is 24.1. The molecule has 131 heavy (non-hydrogen) atoms. The van der Waals surface area contributed by atoms with Gasteiger partial charge in [0.2, 0.25) is 0 Å². The molecule has 4 heterocycles. The van der Waals surface area contributed by atoms with Gasteiger partial charge in [0.1, 0.15) is 23.0 Å². The Bertz CT molecular complexity index is 7560. The van der Waals surface area contributed by atoms with Crippen molar-refractivity contribution in [2.45, 2.75) is 124 Å². The summed E-state index contributed by atoms with van der Waals surface area (Å²) >= 11 is 0. The van der Waals surface area contributed by atoms with Crippen LogP contribution in [0.2, 0.25) is 0 Å². The lowest BCUT2D eigenvalue weighted by atomic mass is 9.54. The van der Waals surface area contributed by atoms with Crippen molar-refractivity contribution in [3.8, 4) is 45.5 Å². The van der Waals surface area contributed by atoms with Crippen molar-refractivity contribution in [3.63, 3.8) is 0 Å². The van der Waals surface area contributed by atoms with Crippen LogP contribution < -0.4 is 29.6 Å². The number of hydrogen-bond acceptors (Lipinski definition) is 12. The van der Waals surface area contributed by atoms with E-state index in [0.717, 1.165) is 186 Å². The standard InChI is InChI=1S/C119H92N4O8/c1-73(115(127)131-86-41-12-5-13-42-86)70-118(93-58-53-75-29-15-22-44-88(75)108(93)113-98(118)67-81-33-19-26-48-102(81)122-113)72-119(94-59-55-76-30-16-23-45-89(76)109(94)114-99(119)68-82-34-20-27-49-103(82)123-114)95(69-106(126)130-85-39-10-4-11-40-85)78-51-50-77-54-57-92-110(90(77)64-78)112-97(66-80-32-18-25-47-101(80)121-112)117(92,63-61-105(125)129-84-37-8-3-9-38-84)71-116(62-60-104(124)128-83-35-6-2-7-36-83)91-56-52-74-28-14-21-43-87(74)107(91)111-96(116)65-79-31-17-24-46-100(79)120-111/h2-13,16-27,30-59,64-68,73,95,101,103,121,123H,14-15,28-29,60-63,69-72H2,1H3. The zero-order chi connectivity index (χ0) is 87.7. The summed E-state index contributed by atoms with van der Waals surface area (Å²) in [6, 6.07) is 92.6. The van der Waals surface area contributed by atoms with Gasteiger partial charge in [-0.1, -0.05) is 292 Å². The quantitative estimate of drug-likeness (QED) is 0.0520. The molecule has 0 fully saturated rings. The maximum absolute atomic E-state index is 16.8. The Morgan fingerprint density at radius 1 is 0.405 bits per heavy atom. The molecule has 12 heteroatoms. The summed E-state index contributed by atoms with van der Waals surface area (Å²) in [6.07, 6.45) is 36.2. The Hall–Kier alpha value is -15.1. The van der Waals surface area contributed by atoms with Gasteiger partial charge in [-0.3, -0.25) is 19.2 Å². The molecule has 0 saturated carbocycles. The Morgan fingerprint density at radius 3 is 1.45 bits per heavy atom. The van der Waals surface area contributed by atoms with Crippen molar-refractivity contribution >= 4 is 90.8 Å². The minimum absolute atomic E-state index is 0.00365. The van der Waals surface area contributed by atoms with Crippen molar-refractivity contribution < 1.29 is 38.1 Å². The molecule has 8 unspecified atom stereocenters. The second kappa shape index (κ2) is 31.7. The number of pyridine rings is 2. The predicted octanol–water partition coefficient (Wildman–Crippen LogP) is 24.9. The average molecular weight is 1710 g/mol. The van der Waals surface area contributed by atoms with Crippen molar-refractivity contribution in [3.05, 3.63) is 441 Å². The number of rotatable bonds is 21. The van der Waals surface area contributed by atoms with Crippen LogP contribution in [0.4, 0.5) is 0 Å². The smallest absolute Gasteiger partial charge is 0.314 e. The van der Waals surface area contributed by atoms with E-state index in [1.807, 2.05) is 134 Å². The van der Waals surface area contributed by atoms with Crippen LogP contribution in [-0.2, 0) is 53.7 Å². The van der Waals surface area contributed by atoms with Gasteiger partial charge in [-0.25, -0.2) is 9.97 Å². The third-order valence-corrected chi connectivity index (χ3v) is 29.7. The van der Waals surface area contributed by atoms with E-state index in [4.69, 9.17) is 28.9 Å². The largest absolute Gasteiger partial charge is 0.427 e. The van der Waals surface area contributed by atoms with Gasteiger partial charge in [0.05, 0.1) is 46.8 Å². The van der Waals surface area contributed by atoms with Crippen molar-refractivity contribution in [1.29, 1.82) is 0 Å². The van der Waals surface area contributed by atoms with Gasteiger partial charge in [0, 0.05) is 84.8 Å². The topological polar surface area (TPSA) is 155 Å². The van der Waals surface area contributed by atoms with Gasteiger partial charge in [-0.15, -0.1) is 0 Å². The van der Waals surface area contributed by atoms with Gasteiger partial charge in [0.25, 0.3) is 0 Å². The summed E-state index contributed by atoms with van der Waals surface area (Å²) in [5, 5.41) is 14.5. The Morgan fingerprint density at radius 2 is 0.863 bits per heavy atom. The summed E-state index contributed by atoms with van der Waals surface area (Å²) in [6.45, 7) is 2.03. The van der Waals surface area contributed by atoms with E-state index >= 15 is 19.2 Å². The Kier molecular flexibility index (Phi) is 19.2. The molecule has 8 atom stereocenters. The fraction of sp³-hybridized carbons (Fsp3) is 0.176. The van der Waals surface area contributed by atoms with Crippen LogP contribution in [0.1, 0.15) is 149 Å². The molecular weight excluding hydrogens is 1610 g/mol. The minimum Gasteiger partial charge on any atom is -0.427 e. The number of nitrogens with zero attached hydrogens (tertiary/aromatic N) is 2. The van der Waals surface area contributed by atoms with Gasteiger partial charge in [-0.05, 0) is 236 Å². The van der Waals surface area contributed by atoms with Crippen molar-refractivity contribution in [2.24, 2.45) is 5.92 Å². The number of benzene rings is 12. The highest BCUT2D eigenvalue weighted by molar-refractivity contribution is 6.05. The van der Waals surface area contributed by atoms with E-state index < -0.39 is 39.5 Å². The molecule has 12 aromatic carbocycles. The van der Waals surface area contributed by atoms with E-state index in [0.29, 0.717) is 42.3 Å². The molecule has 14 aromatic rings. The number of para-hydroxylation sites is 6. The monoisotopic (exact) mass is 1700 g/mol. The maximum atomic E-state index is 16.8. The van der Waals surface area contributed by atoms with Crippen LogP contribution in [-0.4, -0.2) is 45.9 Å². The lowest BCUT2D eigenvalue weighted by molar-refractivity contribution is -0.139. The van der Waals surface area contributed by atoms with E-state index in [1.54, 1.807) is 0 Å². The van der Waals surface area contributed by atoms with Gasteiger partial charge < -0.3 is 29.6 Å². The SMILES string of the molecule is CC(CC1(CC2(C(CC(=O)Oc3ccccc3)c3ccc4ccc5c(c4c3)C3=C(C=C4C=CC=CC4N3)C5(CCC(=O)Oc3ccccc3)CC3(CCC(=O)Oc4ccccc4)c4cc5ccccc5nc4-c4c3ccc3c4C=CCC3)C3=C(NC4C=CC=CC4=C3)c3c2ccc2ccccc32)c2cc3ccccc3nc2-c2c1ccc1c2C=CCC1)C(=O)Oc1ccccc1. The van der Waals surface area contributed by atoms with Crippen LogP contribution in [0.5, 0.6) is 23.0 Å². The Balaban J connectivity index is 0.789. The number of carbonyl (C=O) groups is 4. The van der Waals surface area contributed by atoms with E-state index in [2.05, 4.69) is 241 Å². The number of aryl methyl sites for hydroxylation is 2. The third kappa shape index (κ3) is 13.1. The summed E-state index contributed by atoms with van der Waals surface area (Å²) < 4.78 is 26.3. The molecular formula is C119H92N4O8. The number of aromatic nitrogens is 2. The molecule has 10 aliphatic rings. The van der Waals surface area contributed by atoms with Crippen molar-refractivity contribution in [1.82, 2.24) is 20.6 Å². The second-order valence-electron chi connectivity index (χ2n) is 37.0. The molecule has 0 bridgehead atoms. The first-order valence-corrected chi connectivity index (χ1v) is 46.1. The maximum Gasteiger partial charge on any atom is 0.314 e. The van der Waals surface area contributed by atoms with E-state index in [9.17, 15) is 0 Å². The zero-order valence-corrected chi connectivity index (χ0v) is 72.5. The van der Waals surface area contributed by atoms with Crippen LogP contribution in [0, 0.1) is 5.92 Å². The summed E-state index contributed by atoms with van der Waals surface area (Å²) in [5.74, 6) is -1.30. The highest BCUT2D eigenvalue weighted by Gasteiger charge is 2.61. The Labute approximate surface area is 760 Å².